The molecule has 0 spiro atoms. The summed E-state index contributed by atoms with van der Waals surface area (Å²) in [5.41, 5.74) is 1.22. The summed E-state index contributed by atoms with van der Waals surface area (Å²) >= 11 is 0. The summed E-state index contributed by atoms with van der Waals surface area (Å²) < 4.78 is 5.14. The van der Waals surface area contributed by atoms with Crippen molar-refractivity contribution in [1.82, 2.24) is 10.2 Å². The third-order valence-electron chi connectivity index (χ3n) is 3.78. The summed E-state index contributed by atoms with van der Waals surface area (Å²) in [7, 11) is 3.33. The Kier molecular flexibility index (Phi) is 7.02. The highest BCUT2D eigenvalue weighted by Gasteiger charge is 2.14. The lowest BCUT2D eigenvalue weighted by atomic mass is 9.98. The molecule has 0 bridgehead atoms. The molecule has 2 N–H and O–H groups in total. The largest absolute Gasteiger partial charge is 0.497 e. The molecule has 1 aromatic carbocycles. The predicted molar refractivity (Wildman–Crippen MR) is 83.7 cm³/mol. The fourth-order valence-electron chi connectivity index (χ4n) is 1.94. The molecule has 0 aliphatic heterocycles. The van der Waals surface area contributed by atoms with E-state index in [4.69, 9.17) is 9.84 Å². The van der Waals surface area contributed by atoms with E-state index in [1.54, 1.807) is 21.1 Å². The van der Waals surface area contributed by atoms with Crippen LogP contribution in [0.2, 0.25) is 0 Å². The van der Waals surface area contributed by atoms with Crippen molar-refractivity contribution in [2.75, 3.05) is 27.3 Å². The number of rotatable bonds is 7. The van der Waals surface area contributed by atoms with Gasteiger partial charge in [0.2, 0.25) is 0 Å². The maximum atomic E-state index is 11.8. The van der Waals surface area contributed by atoms with Crippen LogP contribution in [0.1, 0.15) is 31.7 Å². The lowest BCUT2D eigenvalue weighted by Gasteiger charge is -2.23. The summed E-state index contributed by atoms with van der Waals surface area (Å²) in [5.74, 6) is 1.20. The van der Waals surface area contributed by atoms with Gasteiger partial charge < -0.3 is 20.1 Å². The number of nitrogens with one attached hydrogen (secondary N) is 1. The van der Waals surface area contributed by atoms with Crippen molar-refractivity contribution in [3.8, 4) is 5.75 Å². The number of nitrogens with zero attached hydrogens (tertiary/aromatic N) is 1. The van der Waals surface area contributed by atoms with Gasteiger partial charge in [0.05, 0.1) is 19.8 Å². The molecule has 2 unspecified atom stereocenters. The number of urea groups is 1. The van der Waals surface area contributed by atoms with Crippen LogP contribution in [-0.4, -0.2) is 49.4 Å². The molecule has 0 saturated carbocycles. The number of likely N-dealkylation sites (N-methyl/N-ethyl adjacent to an activating group) is 1. The van der Waals surface area contributed by atoms with Gasteiger partial charge in [-0.1, -0.05) is 19.1 Å². The molecule has 1 aromatic rings. The van der Waals surface area contributed by atoms with E-state index in [0.717, 1.165) is 12.2 Å². The van der Waals surface area contributed by atoms with Crippen molar-refractivity contribution in [3.05, 3.63) is 29.8 Å². The Morgan fingerprint density at radius 1 is 1.33 bits per heavy atom. The van der Waals surface area contributed by atoms with E-state index in [9.17, 15) is 4.79 Å². The minimum atomic E-state index is -0.177. The fraction of sp³-hybridized carbons (Fsp3) is 0.562. The highest BCUT2D eigenvalue weighted by atomic mass is 16.5. The summed E-state index contributed by atoms with van der Waals surface area (Å²) in [6.07, 6.45) is 0.861. The Hall–Kier alpha value is -1.75. The van der Waals surface area contributed by atoms with Gasteiger partial charge >= 0.3 is 6.03 Å². The molecule has 5 nitrogen and oxygen atoms in total. The van der Waals surface area contributed by atoms with Crippen molar-refractivity contribution in [1.29, 1.82) is 0 Å². The van der Waals surface area contributed by atoms with Gasteiger partial charge in [0, 0.05) is 13.6 Å². The number of amides is 2. The van der Waals surface area contributed by atoms with Gasteiger partial charge in [-0.15, -0.1) is 0 Å². The molecule has 2 atom stereocenters. The van der Waals surface area contributed by atoms with Crippen LogP contribution in [0.4, 0.5) is 4.79 Å². The maximum Gasteiger partial charge on any atom is 0.317 e. The minimum absolute atomic E-state index is 0.0355. The number of ether oxygens (including phenoxy) is 1. The average Bonchev–Trinajstić information content (AvgIpc) is 2.53. The standard InChI is InChI=1S/C16H26N2O3/c1-12(14-5-7-15(21-4)8-6-14)9-10-17-16(20)18(3)13(2)11-19/h5-8,12-13,19H,9-11H2,1-4H3,(H,17,20). The first-order valence-corrected chi connectivity index (χ1v) is 7.25. The van der Waals surface area contributed by atoms with Gasteiger partial charge in [-0.3, -0.25) is 0 Å². The molecule has 0 fully saturated rings. The first-order valence-electron chi connectivity index (χ1n) is 7.25. The normalized spacial score (nSPS) is 13.4. The van der Waals surface area contributed by atoms with Crippen LogP contribution in [0, 0.1) is 0 Å². The smallest absolute Gasteiger partial charge is 0.317 e. The predicted octanol–water partition coefficient (Wildman–Crippen LogP) is 2.21. The Morgan fingerprint density at radius 2 is 1.95 bits per heavy atom. The van der Waals surface area contributed by atoms with Crippen molar-refractivity contribution in [2.45, 2.75) is 32.2 Å². The van der Waals surface area contributed by atoms with E-state index in [1.165, 1.54) is 10.5 Å². The average molecular weight is 294 g/mol. The van der Waals surface area contributed by atoms with E-state index < -0.39 is 0 Å². The number of carbonyl (C=O) groups is 1. The number of hydrogen-bond acceptors (Lipinski definition) is 3. The third-order valence-corrected chi connectivity index (χ3v) is 3.78. The quantitative estimate of drug-likeness (QED) is 0.810. The fourth-order valence-corrected chi connectivity index (χ4v) is 1.94. The van der Waals surface area contributed by atoms with Gasteiger partial charge in [0.1, 0.15) is 5.75 Å². The van der Waals surface area contributed by atoms with E-state index >= 15 is 0 Å². The molecule has 0 radical (unpaired) electrons. The van der Waals surface area contributed by atoms with Crippen molar-refractivity contribution < 1.29 is 14.6 Å². The number of carbonyl (C=O) groups excluding carboxylic acids is 1. The Balaban J connectivity index is 2.39. The van der Waals surface area contributed by atoms with Crippen LogP contribution in [0.15, 0.2) is 24.3 Å². The van der Waals surface area contributed by atoms with E-state index in [0.29, 0.717) is 12.5 Å². The van der Waals surface area contributed by atoms with Gasteiger partial charge in [0.15, 0.2) is 0 Å². The van der Waals surface area contributed by atoms with E-state index in [1.807, 2.05) is 24.3 Å². The molecule has 0 aromatic heterocycles. The molecule has 2 amide bonds. The second kappa shape index (κ2) is 8.52. The zero-order valence-electron chi connectivity index (χ0n) is 13.3. The lowest BCUT2D eigenvalue weighted by molar-refractivity contribution is 0.157. The molecular weight excluding hydrogens is 268 g/mol. The van der Waals surface area contributed by atoms with Crippen LogP contribution >= 0.6 is 0 Å². The lowest BCUT2D eigenvalue weighted by Crippen LogP contribution is -2.44. The molecule has 0 saturated heterocycles. The Labute approximate surface area is 126 Å². The molecule has 0 heterocycles. The van der Waals surface area contributed by atoms with Gasteiger partial charge in [0.25, 0.3) is 0 Å². The highest BCUT2D eigenvalue weighted by molar-refractivity contribution is 5.74. The van der Waals surface area contributed by atoms with E-state index in [-0.39, 0.29) is 18.7 Å². The highest BCUT2D eigenvalue weighted by Crippen LogP contribution is 2.21. The molecule has 5 heteroatoms. The maximum absolute atomic E-state index is 11.8. The van der Waals surface area contributed by atoms with Crippen LogP contribution in [0.5, 0.6) is 5.75 Å². The number of aliphatic hydroxyl groups is 1. The molecule has 0 aliphatic carbocycles. The van der Waals surface area contributed by atoms with Crippen molar-refractivity contribution in [3.63, 3.8) is 0 Å². The Morgan fingerprint density at radius 3 is 2.48 bits per heavy atom. The molecule has 0 aliphatic rings. The second-order valence-electron chi connectivity index (χ2n) is 5.34. The third kappa shape index (κ3) is 5.27. The zero-order valence-corrected chi connectivity index (χ0v) is 13.3. The Bertz CT molecular complexity index is 434. The zero-order chi connectivity index (χ0) is 15.8. The topological polar surface area (TPSA) is 61.8 Å². The van der Waals surface area contributed by atoms with Crippen molar-refractivity contribution in [2.24, 2.45) is 0 Å². The molecule has 118 valence electrons. The van der Waals surface area contributed by atoms with Crippen LogP contribution in [-0.2, 0) is 0 Å². The molecular formula is C16H26N2O3. The summed E-state index contributed by atoms with van der Waals surface area (Å²) in [6, 6.07) is 7.65. The molecule has 21 heavy (non-hydrogen) atoms. The summed E-state index contributed by atoms with van der Waals surface area (Å²) in [5, 5.41) is 11.9. The first-order chi connectivity index (χ1) is 9.99. The first kappa shape index (κ1) is 17.3. The minimum Gasteiger partial charge on any atom is -0.497 e. The van der Waals surface area contributed by atoms with Gasteiger partial charge in [-0.2, -0.15) is 0 Å². The number of hydrogen-bond donors (Lipinski definition) is 2. The number of aliphatic hydroxyl groups excluding tert-OH is 1. The van der Waals surface area contributed by atoms with Crippen molar-refractivity contribution >= 4 is 6.03 Å². The monoisotopic (exact) mass is 294 g/mol. The van der Waals surface area contributed by atoms with Crippen LogP contribution in [0.25, 0.3) is 0 Å². The number of benzene rings is 1. The molecule has 1 rings (SSSR count). The SMILES string of the molecule is COc1ccc(C(C)CCNC(=O)N(C)C(C)CO)cc1. The van der Waals surface area contributed by atoms with Gasteiger partial charge in [-0.25, -0.2) is 4.79 Å². The van der Waals surface area contributed by atoms with E-state index in [2.05, 4.69) is 12.2 Å². The summed E-state index contributed by atoms with van der Waals surface area (Å²) in [4.78, 5) is 13.3. The van der Waals surface area contributed by atoms with Gasteiger partial charge in [-0.05, 0) is 37.0 Å². The number of methoxy groups -OCH3 is 1. The van der Waals surface area contributed by atoms with Crippen LogP contribution < -0.4 is 10.1 Å². The second-order valence-corrected chi connectivity index (χ2v) is 5.34. The summed E-state index contributed by atoms with van der Waals surface area (Å²) in [6.45, 7) is 4.51. The van der Waals surface area contributed by atoms with Crippen LogP contribution in [0.3, 0.4) is 0 Å².